The molecule has 2 amide bonds. The molecular formula is C45H55N7O4. The van der Waals surface area contributed by atoms with Crippen LogP contribution in [0.15, 0.2) is 115 Å². The molecule has 3 heterocycles. The van der Waals surface area contributed by atoms with Gasteiger partial charge in [0.25, 0.3) is 0 Å². The van der Waals surface area contributed by atoms with Gasteiger partial charge in [0.2, 0.25) is 11.8 Å². The highest BCUT2D eigenvalue weighted by molar-refractivity contribution is 5.88. The molecule has 3 N–H and O–H groups in total. The van der Waals surface area contributed by atoms with Crippen molar-refractivity contribution in [2.75, 3.05) is 57.7 Å². The van der Waals surface area contributed by atoms with Gasteiger partial charge in [-0.1, -0.05) is 90.1 Å². The van der Waals surface area contributed by atoms with Crippen molar-refractivity contribution >= 4 is 23.6 Å². The molecule has 294 valence electrons. The van der Waals surface area contributed by atoms with Crippen LogP contribution in [0.5, 0.6) is 5.75 Å². The predicted molar refractivity (Wildman–Crippen MR) is 222 cm³/mol. The van der Waals surface area contributed by atoms with Gasteiger partial charge in [0, 0.05) is 75.4 Å². The zero-order valence-corrected chi connectivity index (χ0v) is 32.2. The Labute approximate surface area is 330 Å². The van der Waals surface area contributed by atoms with E-state index in [1.54, 1.807) is 12.4 Å². The lowest BCUT2D eigenvalue weighted by Crippen LogP contribution is -2.55. The lowest BCUT2D eigenvalue weighted by atomic mass is 9.98. The zero-order chi connectivity index (χ0) is 38.8. The summed E-state index contributed by atoms with van der Waals surface area (Å²) in [5.41, 5.74) is 5.45. The zero-order valence-electron chi connectivity index (χ0n) is 32.2. The van der Waals surface area contributed by atoms with Crippen LogP contribution in [0.2, 0.25) is 0 Å². The fraction of sp³-hybridized carbons (Fsp3) is 0.400. The van der Waals surface area contributed by atoms with Crippen LogP contribution < -0.4 is 20.7 Å². The van der Waals surface area contributed by atoms with Gasteiger partial charge >= 0.3 is 0 Å². The number of carbonyl (C=O) groups excluding carboxylic acids is 2. The number of carbonyl (C=O) groups is 2. The summed E-state index contributed by atoms with van der Waals surface area (Å²) in [7, 11) is 0. The molecule has 4 aromatic rings. The SMILES string of the molecule is O=N[C@@H](COc1cccc2c1C=CCN2)CN1CCN(CC(=O)NC(Cc2cccnc2)C(=O)NC(CCCc2ccccc2)CCCc2ccccc2)CC1. The summed E-state index contributed by atoms with van der Waals surface area (Å²) in [5.74, 6) is 0.365. The highest BCUT2D eigenvalue weighted by Gasteiger charge is 2.27. The number of hydrogen-bond donors (Lipinski definition) is 3. The molecule has 0 radical (unpaired) electrons. The number of nitrogens with zero attached hydrogens (tertiary/aromatic N) is 4. The fourth-order valence-electron chi connectivity index (χ4n) is 7.46. The molecule has 11 heteroatoms. The van der Waals surface area contributed by atoms with Gasteiger partial charge in [-0.25, -0.2) is 0 Å². The van der Waals surface area contributed by atoms with Crippen LogP contribution in [0.1, 0.15) is 47.9 Å². The topological polar surface area (TPSA) is 128 Å². The monoisotopic (exact) mass is 757 g/mol. The van der Waals surface area contributed by atoms with Crippen molar-refractivity contribution in [3.8, 4) is 5.75 Å². The van der Waals surface area contributed by atoms with Crippen molar-refractivity contribution in [3.05, 3.63) is 137 Å². The van der Waals surface area contributed by atoms with Gasteiger partial charge in [-0.15, -0.1) is 0 Å². The highest BCUT2D eigenvalue weighted by atomic mass is 16.5. The van der Waals surface area contributed by atoms with Crippen LogP contribution in [0.4, 0.5) is 5.69 Å². The van der Waals surface area contributed by atoms with Crippen LogP contribution in [-0.4, -0.2) is 97.1 Å². The highest BCUT2D eigenvalue weighted by Crippen LogP contribution is 2.30. The Balaban J connectivity index is 1.000. The summed E-state index contributed by atoms with van der Waals surface area (Å²) >= 11 is 0. The Morgan fingerprint density at radius 2 is 1.48 bits per heavy atom. The molecule has 56 heavy (non-hydrogen) atoms. The maximum Gasteiger partial charge on any atom is 0.243 e. The standard InChI is InChI=1S/C45H55N7O4/c53-44(33-52-28-26-51(27-29-52)32-39(50-55)34-56-43-23-9-22-41-40(43)21-11-25-47-41)49-42(30-37-18-10-24-46-31-37)45(54)48-38(19-7-16-35-12-3-1-4-13-35)20-8-17-36-14-5-2-6-15-36/h1-6,9-15,18,21-24,31,38-39,42,47H,7-8,16-17,19-20,25-30,32-34H2,(H,48,54)(H,49,53)/t39-,42?/m1/s1. The van der Waals surface area contributed by atoms with Crippen LogP contribution in [0.3, 0.4) is 0 Å². The van der Waals surface area contributed by atoms with Crippen molar-refractivity contribution in [2.45, 2.75) is 63.1 Å². The van der Waals surface area contributed by atoms with Gasteiger partial charge in [0.15, 0.2) is 0 Å². The van der Waals surface area contributed by atoms with Crippen molar-refractivity contribution < 1.29 is 14.3 Å². The molecule has 2 aliphatic heterocycles. The van der Waals surface area contributed by atoms with Crippen molar-refractivity contribution in [2.24, 2.45) is 5.18 Å². The minimum Gasteiger partial charge on any atom is -0.490 e. The Morgan fingerprint density at radius 1 is 0.804 bits per heavy atom. The van der Waals surface area contributed by atoms with Crippen LogP contribution in [0, 0.1) is 4.91 Å². The van der Waals surface area contributed by atoms with Crippen molar-refractivity contribution in [1.29, 1.82) is 0 Å². The van der Waals surface area contributed by atoms with E-state index in [0.29, 0.717) is 39.1 Å². The Kier molecular flexibility index (Phi) is 15.6. The number of rotatable bonds is 21. The third-order valence-corrected chi connectivity index (χ3v) is 10.5. The summed E-state index contributed by atoms with van der Waals surface area (Å²) in [5, 5.41) is 13.1. The summed E-state index contributed by atoms with van der Waals surface area (Å²) in [6, 6.07) is 29.2. The maximum atomic E-state index is 14.0. The largest absolute Gasteiger partial charge is 0.490 e. The van der Waals surface area contributed by atoms with Gasteiger partial charge in [-0.3, -0.25) is 24.4 Å². The minimum absolute atomic E-state index is 0.0155. The third-order valence-electron chi connectivity index (χ3n) is 10.5. The molecular weight excluding hydrogens is 703 g/mol. The van der Waals surface area contributed by atoms with E-state index in [9.17, 15) is 14.5 Å². The number of fused-ring (bicyclic) bond motifs is 1. The molecule has 1 fully saturated rings. The van der Waals surface area contributed by atoms with Gasteiger partial charge in [0.05, 0.1) is 6.54 Å². The average Bonchev–Trinajstić information content (AvgIpc) is 3.23. The quantitative estimate of drug-likeness (QED) is 0.0897. The lowest BCUT2D eigenvalue weighted by Gasteiger charge is -2.35. The van der Waals surface area contributed by atoms with Gasteiger partial charge in [-0.2, -0.15) is 4.91 Å². The smallest absolute Gasteiger partial charge is 0.243 e. The number of pyridine rings is 1. The molecule has 11 nitrogen and oxygen atoms in total. The van der Waals surface area contributed by atoms with E-state index in [0.717, 1.165) is 67.6 Å². The predicted octanol–water partition coefficient (Wildman–Crippen LogP) is 5.91. The second-order valence-corrected chi connectivity index (χ2v) is 14.8. The number of nitrogens with one attached hydrogen (secondary N) is 3. The van der Waals surface area contributed by atoms with E-state index in [-0.39, 0.29) is 31.0 Å². The number of aromatic nitrogens is 1. The van der Waals surface area contributed by atoms with Crippen LogP contribution in [-0.2, 0) is 28.9 Å². The summed E-state index contributed by atoms with van der Waals surface area (Å²) < 4.78 is 6.06. The van der Waals surface area contributed by atoms with Gasteiger partial charge in [-0.05, 0) is 73.4 Å². The summed E-state index contributed by atoms with van der Waals surface area (Å²) in [6.45, 7) is 4.34. The molecule has 0 spiro atoms. The number of piperazine rings is 1. The van der Waals surface area contributed by atoms with Gasteiger partial charge < -0.3 is 20.7 Å². The van der Waals surface area contributed by atoms with Crippen LogP contribution in [0.25, 0.3) is 6.08 Å². The lowest BCUT2D eigenvalue weighted by molar-refractivity contribution is -0.130. The van der Waals surface area contributed by atoms with E-state index in [4.69, 9.17) is 4.74 Å². The molecule has 6 rings (SSSR count). The normalized spacial score (nSPS) is 15.3. The molecule has 1 aromatic heterocycles. The first kappa shape index (κ1) is 40.3. The van der Waals surface area contributed by atoms with Gasteiger partial charge in [0.1, 0.15) is 24.4 Å². The average molecular weight is 758 g/mol. The number of benzene rings is 3. The third kappa shape index (κ3) is 12.8. The van der Waals surface area contributed by atoms with Crippen LogP contribution >= 0.6 is 0 Å². The van der Waals surface area contributed by atoms with E-state index < -0.39 is 12.1 Å². The fourth-order valence-corrected chi connectivity index (χ4v) is 7.46. The summed E-state index contributed by atoms with van der Waals surface area (Å²) in [4.78, 5) is 47.9. The Bertz CT molecular complexity index is 1790. The number of nitroso groups, excluding NO2 is 1. The molecule has 0 saturated carbocycles. The molecule has 2 aliphatic rings. The second-order valence-electron chi connectivity index (χ2n) is 14.8. The molecule has 2 atom stereocenters. The molecule has 1 saturated heterocycles. The maximum absolute atomic E-state index is 14.0. The number of anilines is 1. The second kappa shape index (κ2) is 21.6. The number of aryl methyl sites for hydroxylation is 2. The molecule has 0 bridgehead atoms. The first-order chi connectivity index (χ1) is 27.5. The number of ether oxygens (including phenoxy) is 1. The van der Waals surface area contributed by atoms with Crippen molar-refractivity contribution in [3.63, 3.8) is 0 Å². The van der Waals surface area contributed by atoms with E-state index in [1.165, 1.54) is 11.1 Å². The summed E-state index contributed by atoms with van der Waals surface area (Å²) in [6.07, 6.45) is 13.4. The molecule has 1 unspecified atom stereocenters. The molecule has 0 aliphatic carbocycles. The minimum atomic E-state index is -0.736. The first-order valence-electron chi connectivity index (χ1n) is 20.0. The Morgan fingerprint density at radius 3 is 2.14 bits per heavy atom. The number of hydrogen-bond acceptors (Lipinski definition) is 9. The van der Waals surface area contributed by atoms with Crippen molar-refractivity contribution in [1.82, 2.24) is 25.4 Å². The number of amides is 2. The van der Waals surface area contributed by atoms with E-state index >= 15 is 0 Å². The molecule has 3 aromatic carbocycles. The Hall–Kier alpha value is -5.39. The van der Waals surface area contributed by atoms with E-state index in [1.807, 2.05) is 54.6 Å². The first-order valence-corrected chi connectivity index (χ1v) is 20.0. The van der Waals surface area contributed by atoms with E-state index in [2.05, 4.69) is 84.4 Å².